The Bertz CT molecular complexity index is 414. The third-order valence-electron chi connectivity index (χ3n) is 2.20. The molecule has 0 aliphatic heterocycles. The Hall–Kier alpha value is -1.83. The molecule has 1 aromatic rings. The average molecular weight is 184 g/mol. The number of pyridine rings is 1. The molecule has 1 heterocycles. The lowest BCUT2D eigenvalue weighted by molar-refractivity contribution is 1.05. The van der Waals surface area contributed by atoms with Gasteiger partial charge in [-0.3, -0.25) is 4.98 Å². The van der Waals surface area contributed by atoms with E-state index in [1.54, 1.807) is 0 Å². The SMILES string of the molecule is N/C=C\C=C1\C=Cc2cccnc2C1. The second kappa shape index (κ2) is 3.92. The monoisotopic (exact) mass is 184 g/mol. The van der Waals surface area contributed by atoms with Gasteiger partial charge in [-0.25, -0.2) is 0 Å². The second-order valence-corrected chi connectivity index (χ2v) is 3.18. The molecule has 0 spiro atoms. The molecule has 70 valence electrons. The molecule has 1 aromatic heterocycles. The number of rotatable bonds is 1. The fourth-order valence-corrected chi connectivity index (χ4v) is 1.49. The van der Waals surface area contributed by atoms with Crippen molar-refractivity contribution in [2.75, 3.05) is 0 Å². The summed E-state index contributed by atoms with van der Waals surface area (Å²) in [4.78, 5) is 4.33. The first kappa shape index (κ1) is 8.75. The van der Waals surface area contributed by atoms with Crippen molar-refractivity contribution in [1.29, 1.82) is 0 Å². The van der Waals surface area contributed by atoms with Crippen LogP contribution in [0.4, 0.5) is 0 Å². The van der Waals surface area contributed by atoms with Gasteiger partial charge in [0.05, 0.1) is 5.69 Å². The van der Waals surface area contributed by atoms with Crippen LogP contribution in [-0.2, 0) is 6.42 Å². The van der Waals surface area contributed by atoms with Crippen LogP contribution in [0.5, 0.6) is 0 Å². The molecular weight excluding hydrogens is 172 g/mol. The smallest absolute Gasteiger partial charge is 0.0519 e. The molecule has 1 aliphatic carbocycles. The lowest BCUT2D eigenvalue weighted by atomic mass is 9.98. The third kappa shape index (κ3) is 1.74. The third-order valence-corrected chi connectivity index (χ3v) is 2.20. The topological polar surface area (TPSA) is 38.9 Å². The Morgan fingerprint density at radius 1 is 1.36 bits per heavy atom. The summed E-state index contributed by atoms with van der Waals surface area (Å²) < 4.78 is 0. The van der Waals surface area contributed by atoms with Crippen LogP contribution < -0.4 is 5.73 Å². The van der Waals surface area contributed by atoms with Crippen LogP contribution in [0, 0.1) is 0 Å². The molecule has 2 N–H and O–H groups in total. The van der Waals surface area contributed by atoms with Gasteiger partial charge >= 0.3 is 0 Å². The van der Waals surface area contributed by atoms with E-state index in [1.165, 1.54) is 17.3 Å². The Morgan fingerprint density at radius 2 is 2.29 bits per heavy atom. The molecule has 0 radical (unpaired) electrons. The van der Waals surface area contributed by atoms with E-state index in [0.29, 0.717) is 0 Å². The van der Waals surface area contributed by atoms with E-state index in [4.69, 9.17) is 5.73 Å². The van der Waals surface area contributed by atoms with Crippen LogP contribution in [0.15, 0.2) is 48.3 Å². The Balaban J connectivity index is 2.30. The highest BCUT2D eigenvalue weighted by Gasteiger charge is 2.06. The van der Waals surface area contributed by atoms with Crippen molar-refractivity contribution in [1.82, 2.24) is 4.98 Å². The van der Waals surface area contributed by atoms with Gasteiger partial charge in [0.2, 0.25) is 0 Å². The van der Waals surface area contributed by atoms with E-state index < -0.39 is 0 Å². The molecular formula is C12H12N2. The summed E-state index contributed by atoms with van der Waals surface area (Å²) in [6.45, 7) is 0. The highest BCUT2D eigenvalue weighted by atomic mass is 14.7. The summed E-state index contributed by atoms with van der Waals surface area (Å²) in [5.41, 5.74) is 8.85. The lowest BCUT2D eigenvalue weighted by Crippen LogP contribution is -1.99. The summed E-state index contributed by atoms with van der Waals surface area (Å²) in [5.74, 6) is 0. The van der Waals surface area contributed by atoms with Gasteiger partial charge in [0, 0.05) is 12.6 Å². The Labute approximate surface area is 83.5 Å². The largest absolute Gasteiger partial charge is 0.405 e. The van der Waals surface area contributed by atoms with Crippen LogP contribution >= 0.6 is 0 Å². The zero-order valence-corrected chi connectivity index (χ0v) is 7.85. The molecule has 2 heteroatoms. The Kier molecular flexibility index (Phi) is 2.45. The van der Waals surface area contributed by atoms with E-state index in [9.17, 15) is 0 Å². The number of nitrogens with zero attached hydrogens (tertiary/aromatic N) is 1. The van der Waals surface area contributed by atoms with E-state index in [1.807, 2.05) is 24.4 Å². The van der Waals surface area contributed by atoms with Crippen LogP contribution in [0.1, 0.15) is 11.3 Å². The lowest BCUT2D eigenvalue weighted by Gasteiger charge is -2.10. The highest BCUT2D eigenvalue weighted by molar-refractivity contribution is 5.60. The molecule has 0 atom stereocenters. The summed E-state index contributed by atoms with van der Waals surface area (Å²) in [6.07, 6.45) is 12.3. The van der Waals surface area contributed by atoms with Crippen LogP contribution in [0.3, 0.4) is 0 Å². The first-order valence-electron chi connectivity index (χ1n) is 4.59. The van der Waals surface area contributed by atoms with E-state index in [2.05, 4.69) is 23.2 Å². The zero-order valence-electron chi connectivity index (χ0n) is 7.85. The summed E-state index contributed by atoms with van der Waals surface area (Å²) >= 11 is 0. The van der Waals surface area contributed by atoms with Gasteiger partial charge in [-0.2, -0.15) is 0 Å². The molecule has 14 heavy (non-hydrogen) atoms. The predicted molar refractivity (Wildman–Crippen MR) is 58.4 cm³/mol. The molecule has 0 unspecified atom stereocenters. The van der Waals surface area contributed by atoms with Gasteiger partial charge in [-0.05, 0) is 29.5 Å². The fourth-order valence-electron chi connectivity index (χ4n) is 1.49. The van der Waals surface area contributed by atoms with Crippen molar-refractivity contribution in [3.63, 3.8) is 0 Å². The summed E-state index contributed by atoms with van der Waals surface area (Å²) in [7, 11) is 0. The van der Waals surface area contributed by atoms with Gasteiger partial charge in [0.1, 0.15) is 0 Å². The van der Waals surface area contributed by atoms with Crippen LogP contribution in [0.25, 0.3) is 6.08 Å². The minimum Gasteiger partial charge on any atom is -0.405 e. The van der Waals surface area contributed by atoms with E-state index in [-0.39, 0.29) is 0 Å². The molecule has 0 fully saturated rings. The molecule has 0 amide bonds. The first-order valence-corrected chi connectivity index (χ1v) is 4.59. The number of fused-ring (bicyclic) bond motifs is 1. The maximum Gasteiger partial charge on any atom is 0.0519 e. The maximum atomic E-state index is 5.28. The van der Waals surface area contributed by atoms with Crippen LogP contribution in [0.2, 0.25) is 0 Å². The van der Waals surface area contributed by atoms with Gasteiger partial charge < -0.3 is 5.73 Å². The number of allylic oxidation sites excluding steroid dienone is 4. The molecule has 0 bridgehead atoms. The number of hydrogen-bond donors (Lipinski definition) is 1. The Morgan fingerprint density at radius 3 is 3.14 bits per heavy atom. The van der Waals surface area contributed by atoms with Gasteiger partial charge in [-0.1, -0.05) is 24.3 Å². The maximum absolute atomic E-state index is 5.28. The van der Waals surface area contributed by atoms with Gasteiger partial charge in [0.25, 0.3) is 0 Å². The number of nitrogens with two attached hydrogens (primary N) is 1. The van der Waals surface area contributed by atoms with Crippen LogP contribution in [-0.4, -0.2) is 4.98 Å². The van der Waals surface area contributed by atoms with Crippen molar-refractivity contribution in [2.45, 2.75) is 6.42 Å². The van der Waals surface area contributed by atoms with Crippen molar-refractivity contribution in [3.05, 3.63) is 59.6 Å². The fraction of sp³-hybridized carbons (Fsp3) is 0.0833. The minimum absolute atomic E-state index is 0.886. The zero-order chi connectivity index (χ0) is 9.80. The minimum atomic E-state index is 0.886. The highest BCUT2D eigenvalue weighted by Crippen LogP contribution is 2.19. The molecule has 0 aromatic carbocycles. The van der Waals surface area contributed by atoms with Crippen molar-refractivity contribution in [3.8, 4) is 0 Å². The summed E-state index contributed by atoms with van der Waals surface area (Å²) in [6, 6.07) is 4.03. The molecule has 2 nitrogen and oxygen atoms in total. The molecule has 0 saturated heterocycles. The molecule has 0 saturated carbocycles. The summed E-state index contributed by atoms with van der Waals surface area (Å²) in [5, 5.41) is 0. The normalized spacial score (nSPS) is 17.6. The number of hydrogen-bond acceptors (Lipinski definition) is 2. The second-order valence-electron chi connectivity index (χ2n) is 3.18. The van der Waals surface area contributed by atoms with Crippen molar-refractivity contribution >= 4 is 6.08 Å². The van der Waals surface area contributed by atoms with E-state index >= 15 is 0 Å². The quantitative estimate of drug-likeness (QED) is 0.725. The van der Waals surface area contributed by atoms with E-state index in [0.717, 1.165) is 12.1 Å². The standard InChI is InChI=1S/C12H12N2/c13-7-1-3-10-5-6-11-4-2-8-14-12(11)9-10/h1-8H,9,13H2/b7-1-,10-3-. The van der Waals surface area contributed by atoms with Gasteiger partial charge in [-0.15, -0.1) is 0 Å². The number of aromatic nitrogens is 1. The first-order chi connectivity index (χ1) is 6.90. The average Bonchev–Trinajstić information content (AvgIpc) is 2.26. The van der Waals surface area contributed by atoms with Crippen molar-refractivity contribution in [2.24, 2.45) is 5.73 Å². The van der Waals surface area contributed by atoms with Crippen molar-refractivity contribution < 1.29 is 0 Å². The molecule has 2 rings (SSSR count). The molecule has 1 aliphatic rings. The predicted octanol–water partition coefficient (Wildman–Crippen LogP) is 2.05. The van der Waals surface area contributed by atoms with Gasteiger partial charge in [0.15, 0.2) is 0 Å².